The number of nitrogens with one attached hydrogen (secondary N) is 1. The summed E-state index contributed by atoms with van der Waals surface area (Å²) in [6.45, 7) is 0. The van der Waals surface area contributed by atoms with Gasteiger partial charge in [-0.3, -0.25) is 4.79 Å². The number of benzene rings is 1. The molecular weight excluding hydrogens is 311 g/mol. The molecule has 0 saturated heterocycles. The van der Waals surface area contributed by atoms with Crippen LogP contribution >= 0.6 is 0 Å². The summed E-state index contributed by atoms with van der Waals surface area (Å²) >= 11 is 0. The number of carboxylic acids is 1. The van der Waals surface area contributed by atoms with Gasteiger partial charge in [-0.15, -0.1) is 0 Å². The van der Waals surface area contributed by atoms with Crippen LogP contribution in [0.2, 0.25) is 0 Å². The Balaban J connectivity index is 1.73. The van der Waals surface area contributed by atoms with Crippen LogP contribution in [0.5, 0.6) is 0 Å². The molecule has 2 saturated carbocycles. The van der Waals surface area contributed by atoms with E-state index in [2.05, 4.69) is 5.32 Å². The lowest BCUT2D eigenvalue weighted by atomic mass is 9.76. The van der Waals surface area contributed by atoms with Crippen LogP contribution < -0.4 is 5.32 Å². The molecule has 23 heavy (non-hydrogen) atoms. The van der Waals surface area contributed by atoms with E-state index in [4.69, 9.17) is 0 Å². The molecule has 0 spiro atoms. The Labute approximate surface area is 130 Å². The van der Waals surface area contributed by atoms with Crippen molar-refractivity contribution in [1.29, 1.82) is 0 Å². The van der Waals surface area contributed by atoms with Crippen LogP contribution in [-0.2, 0) is 15.8 Å². The zero-order chi connectivity index (χ0) is 16.8. The van der Waals surface area contributed by atoms with Gasteiger partial charge >= 0.3 is 12.1 Å². The lowest BCUT2D eigenvalue weighted by Gasteiger charge is -2.38. The SMILES string of the molecule is O=C(NC1(C(=O)O)CCC1)[C@H]1C[C@@H]1c1ccccc1C(F)(F)F. The van der Waals surface area contributed by atoms with E-state index >= 15 is 0 Å². The maximum Gasteiger partial charge on any atom is 0.416 e. The van der Waals surface area contributed by atoms with Gasteiger partial charge in [0.1, 0.15) is 5.54 Å². The first kappa shape index (κ1) is 15.8. The molecule has 2 fully saturated rings. The third-order valence-corrected chi connectivity index (χ3v) is 4.77. The summed E-state index contributed by atoms with van der Waals surface area (Å²) in [5.74, 6) is -2.63. The monoisotopic (exact) mass is 327 g/mol. The van der Waals surface area contributed by atoms with Crippen molar-refractivity contribution >= 4 is 11.9 Å². The van der Waals surface area contributed by atoms with Gasteiger partial charge in [-0.1, -0.05) is 18.2 Å². The lowest BCUT2D eigenvalue weighted by molar-refractivity contribution is -0.152. The van der Waals surface area contributed by atoms with Crippen molar-refractivity contribution in [2.45, 2.75) is 43.3 Å². The lowest BCUT2D eigenvalue weighted by Crippen LogP contribution is -2.59. The fourth-order valence-corrected chi connectivity index (χ4v) is 3.16. The first-order chi connectivity index (χ1) is 10.7. The van der Waals surface area contributed by atoms with Crippen molar-refractivity contribution < 1.29 is 27.9 Å². The summed E-state index contributed by atoms with van der Waals surface area (Å²) in [5.41, 5.74) is -1.84. The molecule has 1 aromatic rings. The summed E-state index contributed by atoms with van der Waals surface area (Å²) in [4.78, 5) is 23.5. The van der Waals surface area contributed by atoms with Crippen molar-refractivity contribution in [3.63, 3.8) is 0 Å². The number of halogens is 3. The predicted molar refractivity (Wildman–Crippen MR) is 74.7 cm³/mol. The highest BCUT2D eigenvalue weighted by atomic mass is 19.4. The highest BCUT2D eigenvalue weighted by Crippen LogP contribution is 2.51. The molecule has 0 unspecified atom stereocenters. The summed E-state index contributed by atoms with van der Waals surface area (Å²) in [6, 6.07) is 5.23. The van der Waals surface area contributed by atoms with E-state index < -0.39 is 41.0 Å². The van der Waals surface area contributed by atoms with Crippen LogP contribution in [0.3, 0.4) is 0 Å². The van der Waals surface area contributed by atoms with Crippen LogP contribution in [-0.4, -0.2) is 22.5 Å². The highest BCUT2D eigenvalue weighted by Gasteiger charge is 2.52. The Morgan fingerprint density at radius 1 is 1.22 bits per heavy atom. The number of hydrogen-bond acceptors (Lipinski definition) is 2. The second-order valence-electron chi connectivity index (χ2n) is 6.26. The molecule has 4 nitrogen and oxygen atoms in total. The smallest absolute Gasteiger partial charge is 0.416 e. The molecule has 1 aromatic carbocycles. The van der Waals surface area contributed by atoms with E-state index in [1.807, 2.05) is 0 Å². The minimum Gasteiger partial charge on any atom is -0.480 e. The second kappa shape index (κ2) is 5.25. The highest BCUT2D eigenvalue weighted by molar-refractivity contribution is 5.90. The Morgan fingerprint density at radius 2 is 1.87 bits per heavy atom. The van der Waals surface area contributed by atoms with Crippen LogP contribution in [0, 0.1) is 5.92 Å². The normalized spacial score (nSPS) is 25.3. The summed E-state index contributed by atoms with van der Waals surface area (Å²) in [5, 5.41) is 11.7. The van der Waals surface area contributed by atoms with Crippen LogP contribution in [0.25, 0.3) is 0 Å². The van der Waals surface area contributed by atoms with E-state index in [1.165, 1.54) is 18.2 Å². The van der Waals surface area contributed by atoms with Gasteiger partial charge in [0, 0.05) is 5.92 Å². The van der Waals surface area contributed by atoms with Crippen molar-refractivity contribution in [1.82, 2.24) is 5.32 Å². The average Bonchev–Trinajstić information content (AvgIpc) is 3.21. The van der Waals surface area contributed by atoms with E-state index in [0.29, 0.717) is 19.3 Å². The topological polar surface area (TPSA) is 66.4 Å². The van der Waals surface area contributed by atoms with Gasteiger partial charge in [0.15, 0.2) is 0 Å². The molecule has 7 heteroatoms. The van der Waals surface area contributed by atoms with Crippen LogP contribution in [0.4, 0.5) is 13.2 Å². The number of carbonyl (C=O) groups is 2. The number of carbonyl (C=O) groups excluding carboxylic acids is 1. The first-order valence-corrected chi connectivity index (χ1v) is 7.46. The maximum atomic E-state index is 13.0. The van der Waals surface area contributed by atoms with Gasteiger partial charge in [0.05, 0.1) is 5.56 Å². The third kappa shape index (κ3) is 2.80. The molecule has 0 heterocycles. The Bertz CT molecular complexity index is 652. The van der Waals surface area contributed by atoms with Gasteiger partial charge in [0.2, 0.25) is 5.91 Å². The molecule has 0 bridgehead atoms. The van der Waals surface area contributed by atoms with E-state index in [-0.39, 0.29) is 5.56 Å². The van der Waals surface area contributed by atoms with Crippen molar-refractivity contribution in [2.75, 3.05) is 0 Å². The average molecular weight is 327 g/mol. The first-order valence-electron chi connectivity index (χ1n) is 7.46. The van der Waals surface area contributed by atoms with E-state index in [9.17, 15) is 27.9 Å². The summed E-state index contributed by atoms with van der Waals surface area (Å²) < 4.78 is 39.1. The zero-order valence-electron chi connectivity index (χ0n) is 12.2. The minimum atomic E-state index is -4.46. The van der Waals surface area contributed by atoms with Crippen LogP contribution in [0.15, 0.2) is 24.3 Å². The minimum absolute atomic E-state index is 0.109. The quantitative estimate of drug-likeness (QED) is 0.893. The largest absolute Gasteiger partial charge is 0.480 e. The van der Waals surface area contributed by atoms with Crippen molar-refractivity contribution in [2.24, 2.45) is 5.92 Å². The molecule has 2 N–H and O–H groups in total. The van der Waals surface area contributed by atoms with Crippen molar-refractivity contribution in [3.8, 4) is 0 Å². The molecule has 2 atom stereocenters. The van der Waals surface area contributed by atoms with Gasteiger partial charge in [-0.25, -0.2) is 4.79 Å². The summed E-state index contributed by atoms with van der Waals surface area (Å²) in [7, 11) is 0. The third-order valence-electron chi connectivity index (χ3n) is 4.77. The number of aliphatic carboxylic acids is 1. The number of amides is 1. The van der Waals surface area contributed by atoms with E-state index in [0.717, 1.165) is 12.5 Å². The molecule has 0 aliphatic heterocycles. The molecule has 0 aromatic heterocycles. The Kier molecular flexibility index (Phi) is 3.61. The fourth-order valence-electron chi connectivity index (χ4n) is 3.16. The maximum absolute atomic E-state index is 13.0. The number of carboxylic acid groups (broad SMARTS) is 1. The molecule has 1 amide bonds. The number of hydrogen-bond donors (Lipinski definition) is 2. The standard InChI is InChI=1S/C16H16F3NO3/c17-16(18,19)12-5-2-1-4-9(12)10-8-11(10)13(21)20-15(14(22)23)6-3-7-15/h1-2,4-5,10-11H,3,6-8H2,(H,20,21)(H,22,23)/t10-,11+/m1/s1. The molecule has 0 radical (unpaired) electrons. The van der Waals surface area contributed by atoms with Gasteiger partial charge in [-0.2, -0.15) is 13.2 Å². The van der Waals surface area contributed by atoms with Crippen molar-refractivity contribution in [3.05, 3.63) is 35.4 Å². The molecule has 2 aliphatic rings. The van der Waals surface area contributed by atoms with Gasteiger partial charge in [-0.05, 0) is 43.2 Å². The second-order valence-corrected chi connectivity index (χ2v) is 6.26. The Morgan fingerprint density at radius 3 is 2.39 bits per heavy atom. The zero-order valence-corrected chi connectivity index (χ0v) is 12.2. The predicted octanol–water partition coefficient (Wildman–Crippen LogP) is 2.93. The number of rotatable bonds is 4. The van der Waals surface area contributed by atoms with Gasteiger partial charge < -0.3 is 10.4 Å². The molecular formula is C16H16F3NO3. The van der Waals surface area contributed by atoms with Crippen LogP contribution in [0.1, 0.15) is 42.7 Å². The Hall–Kier alpha value is -2.05. The van der Waals surface area contributed by atoms with E-state index in [1.54, 1.807) is 0 Å². The summed E-state index contributed by atoms with van der Waals surface area (Å²) in [6.07, 6.45) is -2.70. The fraction of sp³-hybridized carbons (Fsp3) is 0.500. The molecule has 124 valence electrons. The molecule has 3 rings (SSSR count). The van der Waals surface area contributed by atoms with Gasteiger partial charge in [0.25, 0.3) is 0 Å². The molecule has 2 aliphatic carbocycles. The number of alkyl halides is 3.